The molecule has 0 heterocycles. The predicted molar refractivity (Wildman–Crippen MR) is 53.1 cm³/mol. The van der Waals surface area contributed by atoms with Crippen LogP contribution in [0.3, 0.4) is 0 Å². The smallest absolute Gasteiger partial charge is 0.338 e. The van der Waals surface area contributed by atoms with Crippen molar-refractivity contribution < 1.29 is 9.53 Å². The fraction of sp³-hybridized carbons (Fsp3) is 0.444. The molecule has 12 heavy (non-hydrogen) atoms. The van der Waals surface area contributed by atoms with Gasteiger partial charge in [-0.05, 0) is 13.3 Å². The van der Waals surface area contributed by atoms with Gasteiger partial charge in [-0.25, -0.2) is 4.79 Å². The number of carbonyl (C=O) groups excluding carboxylic acids is 1. The summed E-state index contributed by atoms with van der Waals surface area (Å²) >= 11 is 3.31. The van der Waals surface area contributed by atoms with Gasteiger partial charge in [0.05, 0.1) is 12.7 Å². The third-order valence-corrected chi connectivity index (χ3v) is 2.33. The second-order valence-electron chi connectivity index (χ2n) is 2.16. The average Bonchev–Trinajstić information content (AvgIpc) is 2.11. The summed E-state index contributed by atoms with van der Waals surface area (Å²) in [4.78, 5) is 11.1. The van der Waals surface area contributed by atoms with Crippen LogP contribution in [-0.2, 0) is 9.53 Å². The summed E-state index contributed by atoms with van der Waals surface area (Å²) in [5, 5.41) is 0. The van der Waals surface area contributed by atoms with Gasteiger partial charge in [0.25, 0.3) is 0 Å². The number of hydrogen-bond acceptors (Lipinski definition) is 2. The normalized spacial score (nSPS) is 13.0. The SMILES string of the molecule is C/C=C\C(C(=O)OC)=C(\Br)CC. The van der Waals surface area contributed by atoms with Crippen LogP contribution < -0.4 is 0 Å². The maximum absolute atomic E-state index is 11.1. The summed E-state index contributed by atoms with van der Waals surface area (Å²) in [5.41, 5.74) is 0.586. The topological polar surface area (TPSA) is 26.3 Å². The van der Waals surface area contributed by atoms with Crippen molar-refractivity contribution in [3.05, 3.63) is 22.2 Å². The lowest BCUT2D eigenvalue weighted by Crippen LogP contribution is -2.03. The first-order valence-electron chi connectivity index (χ1n) is 3.77. The van der Waals surface area contributed by atoms with E-state index in [1.807, 2.05) is 19.9 Å². The highest BCUT2D eigenvalue weighted by Gasteiger charge is 2.09. The van der Waals surface area contributed by atoms with Crippen molar-refractivity contribution >= 4 is 21.9 Å². The molecule has 0 N–H and O–H groups in total. The number of ether oxygens (including phenoxy) is 1. The van der Waals surface area contributed by atoms with Gasteiger partial charge in [0, 0.05) is 4.48 Å². The number of halogens is 1. The monoisotopic (exact) mass is 232 g/mol. The Kier molecular flexibility index (Phi) is 5.72. The number of esters is 1. The molecule has 0 aliphatic carbocycles. The highest BCUT2D eigenvalue weighted by molar-refractivity contribution is 9.11. The molecule has 0 unspecified atom stereocenters. The van der Waals surface area contributed by atoms with Crippen LogP contribution >= 0.6 is 15.9 Å². The summed E-state index contributed by atoms with van der Waals surface area (Å²) in [5.74, 6) is -0.304. The van der Waals surface area contributed by atoms with Crippen LogP contribution in [-0.4, -0.2) is 13.1 Å². The lowest BCUT2D eigenvalue weighted by molar-refractivity contribution is -0.135. The highest BCUT2D eigenvalue weighted by Crippen LogP contribution is 2.17. The van der Waals surface area contributed by atoms with E-state index in [1.165, 1.54) is 7.11 Å². The summed E-state index contributed by atoms with van der Waals surface area (Å²) in [7, 11) is 1.38. The second-order valence-corrected chi connectivity index (χ2v) is 3.12. The first-order chi connectivity index (χ1) is 5.67. The first kappa shape index (κ1) is 11.4. The largest absolute Gasteiger partial charge is 0.465 e. The molecular weight excluding hydrogens is 220 g/mol. The third-order valence-electron chi connectivity index (χ3n) is 1.34. The maximum atomic E-state index is 11.1. The average molecular weight is 233 g/mol. The molecule has 0 radical (unpaired) electrons. The Bertz CT molecular complexity index is 217. The maximum Gasteiger partial charge on any atom is 0.338 e. The van der Waals surface area contributed by atoms with Crippen LogP contribution in [0.2, 0.25) is 0 Å². The molecule has 0 spiro atoms. The minimum absolute atomic E-state index is 0.304. The molecule has 0 aromatic carbocycles. The fourth-order valence-electron chi connectivity index (χ4n) is 0.736. The molecule has 0 aromatic heterocycles. The third kappa shape index (κ3) is 3.22. The van der Waals surface area contributed by atoms with Crippen molar-refractivity contribution in [2.24, 2.45) is 0 Å². The molecule has 68 valence electrons. The molecule has 2 nitrogen and oxygen atoms in total. The molecule has 0 aliphatic rings. The van der Waals surface area contributed by atoms with E-state index in [4.69, 9.17) is 0 Å². The Morgan fingerprint density at radius 3 is 2.50 bits per heavy atom. The molecule has 0 bridgehead atoms. The second kappa shape index (κ2) is 6.00. The minimum Gasteiger partial charge on any atom is -0.465 e. The predicted octanol–water partition coefficient (Wildman–Crippen LogP) is 2.79. The van der Waals surface area contributed by atoms with Gasteiger partial charge < -0.3 is 4.74 Å². The van der Waals surface area contributed by atoms with Crippen LogP contribution in [0.1, 0.15) is 20.3 Å². The van der Waals surface area contributed by atoms with Crippen LogP contribution in [0, 0.1) is 0 Å². The molecule has 0 fully saturated rings. The van der Waals surface area contributed by atoms with Gasteiger partial charge in [-0.15, -0.1) is 0 Å². The van der Waals surface area contributed by atoms with Gasteiger partial charge in [0.1, 0.15) is 0 Å². The van der Waals surface area contributed by atoms with Gasteiger partial charge >= 0.3 is 5.97 Å². The lowest BCUT2D eigenvalue weighted by Gasteiger charge is -2.02. The van der Waals surface area contributed by atoms with Crippen LogP contribution in [0.5, 0.6) is 0 Å². The Morgan fingerprint density at radius 1 is 1.58 bits per heavy atom. The molecule has 0 atom stereocenters. The van der Waals surface area contributed by atoms with Crippen LogP contribution in [0.25, 0.3) is 0 Å². The van der Waals surface area contributed by atoms with E-state index in [0.29, 0.717) is 5.57 Å². The standard InChI is InChI=1S/C9H13BrO2/c1-4-6-7(8(10)5-2)9(11)12-3/h4,6H,5H2,1-3H3/b6-4-,8-7-. The Morgan fingerprint density at radius 2 is 2.17 bits per heavy atom. The van der Waals surface area contributed by atoms with E-state index in [2.05, 4.69) is 20.7 Å². The summed E-state index contributed by atoms with van der Waals surface area (Å²) in [6.45, 7) is 3.83. The van der Waals surface area contributed by atoms with Crippen molar-refractivity contribution in [2.45, 2.75) is 20.3 Å². The summed E-state index contributed by atoms with van der Waals surface area (Å²) in [6.07, 6.45) is 4.33. The van der Waals surface area contributed by atoms with Crippen molar-refractivity contribution in [1.82, 2.24) is 0 Å². The Hall–Kier alpha value is -0.570. The van der Waals surface area contributed by atoms with E-state index >= 15 is 0 Å². The number of carbonyl (C=O) groups is 1. The molecule has 0 saturated carbocycles. The number of allylic oxidation sites excluding steroid dienone is 2. The Balaban J connectivity index is 4.77. The zero-order valence-electron chi connectivity index (χ0n) is 7.56. The zero-order valence-corrected chi connectivity index (χ0v) is 9.14. The van der Waals surface area contributed by atoms with E-state index in [-0.39, 0.29) is 5.97 Å². The van der Waals surface area contributed by atoms with Gasteiger partial charge in [0.15, 0.2) is 0 Å². The van der Waals surface area contributed by atoms with Crippen molar-refractivity contribution in [3.8, 4) is 0 Å². The van der Waals surface area contributed by atoms with Crippen molar-refractivity contribution in [3.63, 3.8) is 0 Å². The fourth-order valence-corrected chi connectivity index (χ4v) is 1.03. The zero-order chi connectivity index (χ0) is 9.56. The van der Waals surface area contributed by atoms with Gasteiger partial charge in [-0.3, -0.25) is 0 Å². The quantitative estimate of drug-likeness (QED) is 0.425. The molecule has 0 saturated heterocycles. The molecular formula is C9H13BrO2. The molecule has 0 rings (SSSR count). The first-order valence-corrected chi connectivity index (χ1v) is 4.56. The van der Waals surface area contributed by atoms with Gasteiger partial charge in [-0.1, -0.05) is 35.0 Å². The van der Waals surface area contributed by atoms with E-state index in [1.54, 1.807) is 6.08 Å². The molecule has 0 aliphatic heterocycles. The summed E-state index contributed by atoms with van der Waals surface area (Å²) in [6, 6.07) is 0. The molecule has 0 amide bonds. The van der Waals surface area contributed by atoms with Crippen molar-refractivity contribution in [2.75, 3.05) is 7.11 Å². The highest BCUT2D eigenvalue weighted by atomic mass is 79.9. The lowest BCUT2D eigenvalue weighted by atomic mass is 10.2. The van der Waals surface area contributed by atoms with Gasteiger partial charge in [-0.2, -0.15) is 0 Å². The summed E-state index contributed by atoms with van der Waals surface area (Å²) < 4.78 is 5.48. The minimum atomic E-state index is -0.304. The number of methoxy groups -OCH3 is 1. The van der Waals surface area contributed by atoms with Gasteiger partial charge in [0.2, 0.25) is 0 Å². The Labute approximate surface area is 81.4 Å². The van der Waals surface area contributed by atoms with Crippen LogP contribution in [0.4, 0.5) is 0 Å². The van der Waals surface area contributed by atoms with E-state index in [9.17, 15) is 4.79 Å². The van der Waals surface area contributed by atoms with Crippen LogP contribution in [0.15, 0.2) is 22.2 Å². The number of rotatable bonds is 3. The molecule has 0 aromatic rings. The number of hydrogen-bond donors (Lipinski definition) is 0. The van der Waals surface area contributed by atoms with E-state index < -0.39 is 0 Å². The van der Waals surface area contributed by atoms with Crippen molar-refractivity contribution in [1.29, 1.82) is 0 Å². The van der Waals surface area contributed by atoms with E-state index in [0.717, 1.165) is 10.9 Å². The molecule has 3 heteroatoms.